The van der Waals surface area contributed by atoms with Crippen molar-refractivity contribution in [3.05, 3.63) is 34.9 Å². The van der Waals surface area contributed by atoms with Crippen molar-refractivity contribution >= 4 is 0 Å². The average Bonchev–Trinajstić information content (AvgIpc) is 2.45. The van der Waals surface area contributed by atoms with Gasteiger partial charge in [-0.3, -0.25) is 0 Å². The molecule has 2 nitrogen and oxygen atoms in total. The third-order valence-electron chi connectivity index (χ3n) is 4.82. The molecule has 1 heterocycles. The fourth-order valence-corrected chi connectivity index (χ4v) is 3.22. The smallest absolute Gasteiger partial charge is 0.166 e. The summed E-state index contributed by atoms with van der Waals surface area (Å²) in [6.07, 6.45) is 14.6. The summed E-state index contributed by atoms with van der Waals surface area (Å²) in [5, 5.41) is 0. The molecule has 0 saturated carbocycles. The molecule has 0 aromatic rings. The second-order valence-electron chi connectivity index (χ2n) is 8.59. The highest BCUT2D eigenvalue weighted by molar-refractivity contribution is 5.05. The van der Waals surface area contributed by atoms with Gasteiger partial charge in [0.05, 0.1) is 12.2 Å². The zero-order chi connectivity index (χ0) is 18.9. The van der Waals surface area contributed by atoms with E-state index >= 15 is 0 Å². The van der Waals surface area contributed by atoms with Crippen LogP contribution >= 0.6 is 0 Å². The van der Waals surface area contributed by atoms with Crippen LogP contribution in [-0.2, 0) is 9.47 Å². The van der Waals surface area contributed by atoms with Gasteiger partial charge in [0.2, 0.25) is 0 Å². The van der Waals surface area contributed by atoms with Crippen LogP contribution in [-0.4, -0.2) is 18.0 Å². The molecule has 0 aromatic heterocycles. The van der Waals surface area contributed by atoms with Gasteiger partial charge in [-0.15, -0.1) is 0 Å². The molecule has 1 atom stereocenters. The van der Waals surface area contributed by atoms with Crippen molar-refractivity contribution in [2.75, 3.05) is 6.61 Å². The molecule has 0 radical (unpaired) electrons. The number of allylic oxidation sites excluding steroid dienone is 6. The highest BCUT2D eigenvalue weighted by atomic mass is 16.7. The summed E-state index contributed by atoms with van der Waals surface area (Å²) in [6.45, 7) is 16.0. The van der Waals surface area contributed by atoms with Gasteiger partial charge in [0.1, 0.15) is 0 Å². The molecular weight excluding hydrogens is 308 g/mol. The van der Waals surface area contributed by atoms with Crippen molar-refractivity contribution in [3.63, 3.8) is 0 Å². The predicted molar refractivity (Wildman–Crippen MR) is 109 cm³/mol. The van der Waals surface area contributed by atoms with Crippen molar-refractivity contribution in [2.45, 2.75) is 105 Å². The molecule has 1 fully saturated rings. The zero-order valence-electron chi connectivity index (χ0n) is 17.7. The Morgan fingerprint density at radius 3 is 1.96 bits per heavy atom. The molecule has 0 amide bonds. The van der Waals surface area contributed by atoms with Crippen LogP contribution in [0.5, 0.6) is 0 Å². The molecule has 144 valence electrons. The summed E-state index contributed by atoms with van der Waals surface area (Å²) in [5.74, 6) is -0.431. The molecule has 1 aliphatic heterocycles. The maximum absolute atomic E-state index is 6.14. The lowest BCUT2D eigenvalue weighted by molar-refractivity contribution is -0.312. The largest absolute Gasteiger partial charge is 0.350 e. The summed E-state index contributed by atoms with van der Waals surface area (Å²) in [4.78, 5) is 0. The Balaban J connectivity index is 2.30. The minimum Gasteiger partial charge on any atom is -0.350 e. The van der Waals surface area contributed by atoms with E-state index in [-0.39, 0.29) is 5.60 Å². The molecule has 1 unspecified atom stereocenters. The lowest BCUT2D eigenvalue weighted by atomic mass is 10.0. The molecule has 0 bridgehead atoms. The second-order valence-corrected chi connectivity index (χ2v) is 8.59. The van der Waals surface area contributed by atoms with Crippen molar-refractivity contribution in [1.82, 2.24) is 0 Å². The highest BCUT2D eigenvalue weighted by Crippen LogP contribution is 2.33. The van der Waals surface area contributed by atoms with Gasteiger partial charge in [-0.05, 0) is 87.0 Å². The minimum atomic E-state index is -0.431. The molecule has 0 aromatic carbocycles. The molecule has 2 heteroatoms. The number of hydrogen-bond acceptors (Lipinski definition) is 2. The zero-order valence-corrected chi connectivity index (χ0v) is 17.7. The molecule has 1 saturated heterocycles. The van der Waals surface area contributed by atoms with Crippen LogP contribution in [0.25, 0.3) is 0 Å². The Hall–Kier alpha value is -0.860. The van der Waals surface area contributed by atoms with Gasteiger partial charge in [-0.2, -0.15) is 0 Å². The topological polar surface area (TPSA) is 18.5 Å². The lowest BCUT2D eigenvalue weighted by Crippen LogP contribution is -2.47. The molecule has 0 spiro atoms. The highest BCUT2D eigenvalue weighted by Gasteiger charge is 2.37. The second kappa shape index (κ2) is 10.3. The maximum Gasteiger partial charge on any atom is 0.166 e. The minimum absolute atomic E-state index is 0.0699. The van der Waals surface area contributed by atoms with Crippen LogP contribution in [0.3, 0.4) is 0 Å². The molecular formula is C23H40O2. The average molecular weight is 349 g/mol. The lowest BCUT2D eigenvalue weighted by Gasteiger charge is -2.43. The third-order valence-corrected chi connectivity index (χ3v) is 4.82. The maximum atomic E-state index is 6.14. The van der Waals surface area contributed by atoms with E-state index in [2.05, 4.69) is 66.7 Å². The van der Waals surface area contributed by atoms with Gasteiger partial charge < -0.3 is 9.47 Å². The molecule has 1 aliphatic rings. The third kappa shape index (κ3) is 10.0. The summed E-state index contributed by atoms with van der Waals surface area (Å²) in [5.41, 5.74) is 4.31. The van der Waals surface area contributed by atoms with Gasteiger partial charge >= 0.3 is 0 Å². The van der Waals surface area contributed by atoms with Crippen molar-refractivity contribution in [1.29, 1.82) is 0 Å². The predicted octanol–water partition coefficient (Wildman–Crippen LogP) is 7.12. The Morgan fingerprint density at radius 1 is 0.840 bits per heavy atom. The Bertz CT molecular complexity index is 492. The summed E-state index contributed by atoms with van der Waals surface area (Å²) in [6, 6.07) is 0. The van der Waals surface area contributed by atoms with E-state index in [9.17, 15) is 0 Å². The van der Waals surface area contributed by atoms with E-state index in [1.807, 2.05) is 0 Å². The Morgan fingerprint density at radius 2 is 1.40 bits per heavy atom. The van der Waals surface area contributed by atoms with E-state index in [4.69, 9.17) is 9.47 Å². The molecule has 25 heavy (non-hydrogen) atoms. The molecule has 0 N–H and O–H groups in total. The van der Waals surface area contributed by atoms with Gasteiger partial charge in [-0.1, -0.05) is 34.9 Å². The number of ether oxygens (including phenoxy) is 2. The van der Waals surface area contributed by atoms with Crippen LogP contribution in [0.1, 0.15) is 93.4 Å². The molecule has 1 rings (SSSR count). The normalized spacial score (nSPS) is 24.3. The van der Waals surface area contributed by atoms with Gasteiger partial charge in [0.15, 0.2) is 5.79 Å². The van der Waals surface area contributed by atoms with Crippen LogP contribution in [0, 0.1) is 0 Å². The quantitative estimate of drug-likeness (QED) is 0.413. The van der Waals surface area contributed by atoms with E-state index in [0.717, 1.165) is 45.1 Å². The van der Waals surface area contributed by atoms with Crippen molar-refractivity contribution in [2.24, 2.45) is 0 Å². The van der Waals surface area contributed by atoms with Crippen LogP contribution in [0.2, 0.25) is 0 Å². The van der Waals surface area contributed by atoms with E-state index < -0.39 is 5.79 Å². The van der Waals surface area contributed by atoms with E-state index in [0.29, 0.717) is 0 Å². The van der Waals surface area contributed by atoms with E-state index in [1.165, 1.54) is 23.1 Å². The monoisotopic (exact) mass is 348 g/mol. The van der Waals surface area contributed by atoms with Gasteiger partial charge in [-0.25, -0.2) is 0 Å². The summed E-state index contributed by atoms with van der Waals surface area (Å²) >= 11 is 0. The molecule has 0 aliphatic carbocycles. The summed E-state index contributed by atoms with van der Waals surface area (Å²) < 4.78 is 12.0. The SMILES string of the molecule is CC(C)=CCC/C(C)=C/CC/C(C)=C\CCC1(C)OCCC(C)(C)O1. The first-order chi connectivity index (χ1) is 11.6. The summed E-state index contributed by atoms with van der Waals surface area (Å²) in [7, 11) is 0. The van der Waals surface area contributed by atoms with Crippen LogP contribution < -0.4 is 0 Å². The van der Waals surface area contributed by atoms with Gasteiger partial charge in [0.25, 0.3) is 0 Å². The first-order valence-electron chi connectivity index (χ1n) is 9.91. The van der Waals surface area contributed by atoms with Gasteiger partial charge in [0, 0.05) is 6.42 Å². The fourth-order valence-electron chi connectivity index (χ4n) is 3.22. The van der Waals surface area contributed by atoms with Crippen LogP contribution in [0.15, 0.2) is 34.9 Å². The Labute approximate surface area is 156 Å². The number of rotatable bonds is 9. The Kier molecular flexibility index (Phi) is 9.16. The number of hydrogen-bond donors (Lipinski definition) is 0. The first kappa shape index (κ1) is 22.2. The van der Waals surface area contributed by atoms with Crippen LogP contribution in [0.4, 0.5) is 0 Å². The standard InChI is InChI=1S/C23H40O2/c1-19(2)11-8-12-20(3)13-9-14-21(4)15-10-16-23(7)24-18-17-22(5,6)25-23/h11,13,15H,8-10,12,14,16-18H2,1-7H3/b20-13+,21-15-. The van der Waals surface area contributed by atoms with Crippen molar-refractivity contribution in [3.8, 4) is 0 Å². The fraction of sp³-hybridized carbons (Fsp3) is 0.739. The van der Waals surface area contributed by atoms with Crippen molar-refractivity contribution < 1.29 is 9.47 Å². The van der Waals surface area contributed by atoms with E-state index in [1.54, 1.807) is 0 Å². The first-order valence-corrected chi connectivity index (χ1v) is 9.91.